The van der Waals surface area contributed by atoms with Gasteiger partial charge in [-0.2, -0.15) is 0 Å². The Morgan fingerprint density at radius 2 is 1.83 bits per heavy atom. The van der Waals surface area contributed by atoms with E-state index >= 15 is 0 Å². The number of carbonyl (C=O) groups is 2. The van der Waals surface area contributed by atoms with Gasteiger partial charge in [0, 0.05) is 23.7 Å². The fraction of sp³-hybridized carbons (Fsp3) is 0.412. The normalized spacial score (nSPS) is 11.8. The fourth-order valence-electron chi connectivity index (χ4n) is 1.96. The summed E-state index contributed by atoms with van der Waals surface area (Å²) in [4.78, 5) is 24.2. The summed E-state index contributed by atoms with van der Waals surface area (Å²) < 4.78 is 0. The van der Waals surface area contributed by atoms with Gasteiger partial charge in [0.25, 0.3) is 11.8 Å². The van der Waals surface area contributed by atoms with Crippen LogP contribution in [0.25, 0.3) is 0 Å². The number of nitrogens with zero attached hydrogens (tertiary/aromatic N) is 2. The molecule has 128 valence electrons. The molecule has 2 aromatic rings. The first-order valence-corrected chi connectivity index (χ1v) is 8.89. The van der Waals surface area contributed by atoms with Crippen molar-refractivity contribution in [1.82, 2.24) is 15.5 Å². The molecule has 0 bridgehead atoms. The molecule has 7 heteroatoms. The van der Waals surface area contributed by atoms with Crippen LogP contribution in [0.5, 0.6) is 0 Å². The van der Waals surface area contributed by atoms with Crippen LogP contribution in [0.3, 0.4) is 0 Å². The molecular weight excluding hydrogens is 324 g/mol. The summed E-state index contributed by atoms with van der Waals surface area (Å²) in [5.41, 5.74) is 1.18. The van der Waals surface area contributed by atoms with Gasteiger partial charge in [-0.1, -0.05) is 25.2 Å². The van der Waals surface area contributed by atoms with Crippen molar-refractivity contribution in [3.8, 4) is 0 Å². The molecule has 0 aliphatic heterocycles. The molecule has 2 amide bonds. The average molecular weight is 346 g/mol. The van der Waals surface area contributed by atoms with Crippen LogP contribution in [0.4, 0.5) is 5.69 Å². The van der Waals surface area contributed by atoms with Crippen molar-refractivity contribution in [3.05, 3.63) is 39.8 Å². The lowest BCUT2D eigenvalue weighted by Gasteiger charge is -2.11. The van der Waals surface area contributed by atoms with Crippen LogP contribution in [0.2, 0.25) is 0 Å². The van der Waals surface area contributed by atoms with E-state index in [0.717, 1.165) is 24.3 Å². The van der Waals surface area contributed by atoms with Crippen LogP contribution in [0.1, 0.15) is 58.8 Å². The summed E-state index contributed by atoms with van der Waals surface area (Å²) in [6.07, 6.45) is 2.67. The van der Waals surface area contributed by atoms with E-state index in [9.17, 15) is 9.59 Å². The maximum atomic E-state index is 12.2. The Bertz CT molecular complexity index is 697. The first kappa shape index (κ1) is 18.1. The first-order chi connectivity index (χ1) is 11.5. The van der Waals surface area contributed by atoms with Gasteiger partial charge < -0.3 is 10.6 Å². The van der Waals surface area contributed by atoms with Crippen molar-refractivity contribution in [2.75, 3.05) is 5.32 Å². The number of hydrogen-bond donors (Lipinski definition) is 2. The summed E-state index contributed by atoms with van der Waals surface area (Å²) in [6, 6.07) is 6.92. The molecule has 2 rings (SSSR count). The largest absolute Gasteiger partial charge is 0.350 e. The van der Waals surface area contributed by atoms with Gasteiger partial charge in [-0.3, -0.25) is 9.59 Å². The highest BCUT2D eigenvalue weighted by Gasteiger charge is 2.13. The van der Waals surface area contributed by atoms with Gasteiger partial charge in [0.15, 0.2) is 0 Å². The van der Waals surface area contributed by atoms with Crippen molar-refractivity contribution in [3.63, 3.8) is 0 Å². The highest BCUT2D eigenvalue weighted by molar-refractivity contribution is 7.13. The molecule has 0 saturated carbocycles. The number of amides is 2. The second kappa shape index (κ2) is 8.54. The van der Waals surface area contributed by atoms with Crippen molar-refractivity contribution < 1.29 is 9.59 Å². The third-order valence-electron chi connectivity index (χ3n) is 3.52. The zero-order valence-corrected chi connectivity index (χ0v) is 14.9. The number of nitrogens with one attached hydrogen (secondary N) is 2. The molecule has 1 heterocycles. The quantitative estimate of drug-likeness (QED) is 0.806. The molecule has 0 radical (unpaired) electrons. The maximum absolute atomic E-state index is 12.2. The minimum Gasteiger partial charge on any atom is -0.350 e. The van der Waals surface area contributed by atoms with E-state index in [-0.39, 0.29) is 17.9 Å². The molecule has 2 N–H and O–H groups in total. The first-order valence-electron chi connectivity index (χ1n) is 8.08. The van der Waals surface area contributed by atoms with Crippen molar-refractivity contribution >= 4 is 28.8 Å². The molecule has 1 aromatic carbocycles. The van der Waals surface area contributed by atoms with Crippen molar-refractivity contribution in [2.45, 2.75) is 46.1 Å². The molecule has 0 fully saturated rings. The van der Waals surface area contributed by atoms with Gasteiger partial charge >= 0.3 is 0 Å². The zero-order chi connectivity index (χ0) is 17.5. The zero-order valence-electron chi connectivity index (χ0n) is 14.1. The molecule has 1 atom stereocenters. The van der Waals surface area contributed by atoms with Gasteiger partial charge in [0.2, 0.25) is 5.01 Å². The maximum Gasteiger partial charge on any atom is 0.286 e. The molecule has 0 spiro atoms. The molecule has 0 aliphatic rings. The second-order valence-corrected chi connectivity index (χ2v) is 6.63. The lowest BCUT2D eigenvalue weighted by Crippen LogP contribution is -2.31. The number of anilines is 1. The van der Waals surface area contributed by atoms with Gasteiger partial charge in [0.1, 0.15) is 5.01 Å². The van der Waals surface area contributed by atoms with E-state index < -0.39 is 0 Å². The smallest absolute Gasteiger partial charge is 0.286 e. The van der Waals surface area contributed by atoms with Crippen molar-refractivity contribution in [1.29, 1.82) is 0 Å². The van der Waals surface area contributed by atoms with Crippen LogP contribution in [-0.4, -0.2) is 28.1 Å². The van der Waals surface area contributed by atoms with E-state index in [1.165, 1.54) is 11.3 Å². The van der Waals surface area contributed by atoms with Crippen LogP contribution in [-0.2, 0) is 6.42 Å². The molecule has 0 saturated heterocycles. The Hall–Kier alpha value is -2.28. The molecule has 0 unspecified atom stereocenters. The predicted molar refractivity (Wildman–Crippen MR) is 95.5 cm³/mol. The SMILES string of the molecule is CCCc1nnc(C(=O)Nc2ccc(C(=O)N[C@H](C)CC)cc2)s1. The van der Waals surface area contributed by atoms with Crippen LogP contribution < -0.4 is 10.6 Å². The monoisotopic (exact) mass is 346 g/mol. The molecule has 6 nitrogen and oxygen atoms in total. The number of aryl methyl sites for hydroxylation is 1. The Kier molecular flexibility index (Phi) is 6.43. The topological polar surface area (TPSA) is 84.0 Å². The fourth-order valence-corrected chi connectivity index (χ4v) is 2.80. The van der Waals surface area contributed by atoms with Gasteiger partial charge in [-0.15, -0.1) is 10.2 Å². The number of hydrogen-bond acceptors (Lipinski definition) is 5. The summed E-state index contributed by atoms with van der Waals surface area (Å²) in [5.74, 6) is -0.401. The molecule has 24 heavy (non-hydrogen) atoms. The van der Waals surface area contributed by atoms with Crippen LogP contribution in [0.15, 0.2) is 24.3 Å². The van der Waals surface area contributed by atoms with Gasteiger partial charge in [-0.25, -0.2) is 0 Å². The van der Waals surface area contributed by atoms with E-state index in [1.54, 1.807) is 24.3 Å². The summed E-state index contributed by atoms with van der Waals surface area (Å²) >= 11 is 1.30. The predicted octanol–water partition coefficient (Wildman–Crippen LogP) is 3.27. The number of rotatable bonds is 7. The second-order valence-electron chi connectivity index (χ2n) is 5.57. The standard InChI is InChI=1S/C17H22N4O2S/c1-4-6-14-20-21-17(24-14)16(23)19-13-9-7-12(8-10-13)15(22)18-11(3)5-2/h7-11H,4-6H2,1-3H3,(H,18,22)(H,19,23)/t11-/m1/s1. The Balaban J connectivity index is 1.97. The van der Waals surface area contributed by atoms with E-state index in [2.05, 4.69) is 27.8 Å². The van der Waals surface area contributed by atoms with E-state index in [0.29, 0.717) is 16.3 Å². The molecular formula is C17H22N4O2S. The lowest BCUT2D eigenvalue weighted by atomic mass is 10.1. The number of aromatic nitrogens is 2. The highest BCUT2D eigenvalue weighted by Crippen LogP contribution is 2.15. The third-order valence-corrected chi connectivity index (χ3v) is 4.50. The lowest BCUT2D eigenvalue weighted by molar-refractivity contribution is 0.0938. The van der Waals surface area contributed by atoms with E-state index in [1.807, 2.05) is 13.8 Å². The Morgan fingerprint density at radius 1 is 1.12 bits per heavy atom. The number of carbonyl (C=O) groups excluding carboxylic acids is 2. The minimum absolute atomic E-state index is 0.115. The summed E-state index contributed by atoms with van der Waals surface area (Å²) in [7, 11) is 0. The minimum atomic E-state index is -0.286. The summed E-state index contributed by atoms with van der Waals surface area (Å²) in [6.45, 7) is 6.03. The third kappa shape index (κ3) is 4.86. The molecule has 1 aromatic heterocycles. The van der Waals surface area contributed by atoms with Gasteiger partial charge in [-0.05, 0) is 44.0 Å². The highest BCUT2D eigenvalue weighted by atomic mass is 32.1. The van der Waals surface area contributed by atoms with Crippen LogP contribution in [0, 0.1) is 0 Å². The number of benzene rings is 1. The Morgan fingerprint density at radius 3 is 2.46 bits per heavy atom. The Labute approximate surface area is 145 Å². The molecule has 0 aliphatic carbocycles. The average Bonchev–Trinajstić information content (AvgIpc) is 3.04. The van der Waals surface area contributed by atoms with Crippen molar-refractivity contribution in [2.24, 2.45) is 0 Å². The van der Waals surface area contributed by atoms with Gasteiger partial charge in [0.05, 0.1) is 0 Å². The summed E-state index contributed by atoms with van der Waals surface area (Å²) in [5, 5.41) is 14.8. The van der Waals surface area contributed by atoms with E-state index in [4.69, 9.17) is 0 Å². The van der Waals surface area contributed by atoms with Crippen LogP contribution >= 0.6 is 11.3 Å².